The Morgan fingerprint density at radius 3 is 2.41 bits per heavy atom. The summed E-state index contributed by atoms with van der Waals surface area (Å²) in [6.45, 7) is 3.91. The van der Waals surface area contributed by atoms with Crippen LogP contribution in [-0.2, 0) is 0 Å². The molecule has 3 aromatic rings. The summed E-state index contributed by atoms with van der Waals surface area (Å²) in [5.41, 5.74) is 4.33. The van der Waals surface area contributed by atoms with Gasteiger partial charge in [0, 0.05) is 16.5 Å². The topological polar surface area (TPSA) is 91.6 Å². The van der Waals surface area contributed by atoms with Crippen molar-refractivity contribution < 1.29 is 19.2 Å². The maximum atomic E-state index is 12.8. The van der Waals surface area contributed by atoms with E-state index in [9.17, 15) is 9.59 Å². The van der Waals surface area contributed by atoms with Crippen molar-refractivity contribution in [1.82, 2.24) is 10.8 Å². The van der Waals surface area contributed by atoms with E-state index in [1.807, 2.05) is 38.1 Å². The molecule has 6 heteroatoms. The number of amides is 2. The van der Waals surface area contributed by atoms with Crippen molar-refractivity contribution in [3.63, 3.8) is 0 Å². The van der Waals surface area contributed by atoms with Crippen LogP contribution in [0.4, 0.5) is 0 Å². The predicted molar refractivity (Wildman–Crippen MR) is 102 cm³/mol. The van der Waals surface area contributed by atoms with Gasteiger partial charge < -0.3 is 9.73 Å². The van der Waals surface area contributed by atoms with Crippen LogP contribution in [0.25, 0.3) is 11.0 Å². The van der Waals surface area contributed by atoms with Gasteiger partial charge in [0.2, 0.25) is 0 Å². The number of hydrogen-bond acceptors (Lipinski definition) is 4. The molecular weight excluding hydrogens is 344 g/mol. The number of para-hydroxylation sites is 1. The third-order valence-corrected chi connectivity index (χ3v) is 4.61. The minimum absolute atomic E-state index is 0.207. The average molecular weight is 366 g/mol. The van der Waals surface area contributed by atoms with Crippen LogP contribution in [-0.4, -0.2) is 17.0 Å². The molecule has 0 saturated carbocycles. The lowest BCUT2D eigenvalue weighted by molar-refractivity contribution is 0.0706. The first-order valence-electron chi connectivity index (χ1n) is 8.88. The second-order valence-corrected chi connectivity index (χ2v) is 6.43. The van der Waals surface area contributed by atoms with Gasteiger partial charge in [0.05, 0.1) is 6.04 Å². The lowest BCUT2D eigenvalue weighted by atomic mass is 10.0. The van der Waals surface area contributed by atoms with Gasteiger partial charge in [0.1, 0.15) is 5.58 Å². The van der Waals surface area contributed by atoms with Crippen molar-refractivity contribution in [3.05, 3.63) is 71.0 Å². The van der Waals surface area contributed by atoms with Gasteiger partial charge in [-0.15, -0.1) is 0 Å². The van der Waals surface area contributed by atoms with Crippen LogP contribution in [0.3, 0.4) is 0 Å². The van der Waals surface area contributed by atoms with Gasteiger partial charge in [-0.1, -0.05) is 43.7 Å². The SMILES string of the molecule is CCC[C@@H](NC(=O)c1oc2ccccc2c1C)c1ccc(C(=O)NO)cc1. The van der Waals surface area contributed by atoms with E-state index in [-0.39, 0.29) is 11.9 Å². The van der Waals surface area contributed by atoms with Crippen LogP contribution in [0.5, 0.6) is 0 Å². The van der Waals surface area contributed by atoms with Gasteiger partial charge in [-0.2, -0.15) is 0 Å². The number of furan rings is 1. The van der Waals surface area contributed by atoms with Gasteiger partial charge >= 0.3 is 0 Å². The van der Waals surface area contributed by atoms with Crippen molar-refractivity contribution >= 4 is 22.8 Å². The van der Waals surface area contributed by atoms with Crippen LogP contribution < -0.4 is 10.8 Å². The Balaban J connectivity index is 1.84. The third-order valence-electron chi connectivity index (χ3n) is 4.61. The second kappa shape index (κ2) is 8.05. The summed E-state index contributed by atoms with van der Waals surface area (Å²) in [7, 11) is 0. The standard InChI is InChI=1S/C21H22N2O4/c1-3-6-17(14-9-11-15(12-10-14)20(24)23-26)22-21(25)19-13(2)16-7-4-5-8-18(16)27-19/h4-5,7-12,17,26H,3,6H2,1-2H3,(H,22,25)(H,23,24)/t17-/m1/s1. The molecule has 27 heavy (non-hydrogen) atoms. The fourth-order valence-electron chi connectivity index (χ4n) is 3.16. The molecule has 0 fully saturated rings. The van der Waals surface area contributed by atoms with E-state index in [1.165, 1.54) is 0 Å². The summed E-state index contributed by atoms with van der Waals surface area (Å²) in [6.07, 6.45) is 1.62. The molecule has 0 aliphatic heterocycles. The Morgan fingerprint density at radius 2 is 1.78 bits per heavy atom. The van der Waals surface area contributed by atoms with Gasteiger partial charge in [-0.05, 0) is 37.1 Å². The molecule has 1 heterocycles. The molecule has 0 aliphatic carbocycles. The predicted octanol–water partition coefficient (Wildman–Crippen LogP) is 4.13. The van der Waals surface area contributed by atoms with Gasteiger partial charge in [-0.3, -0.25) is 14.8 Å². The number of carbonyl (C=O) groups excluding carboxylic acids is 2. The molecular formula is C21H22N2O4. The highest BCUT2D eigenvalue weighted by atomic mass is 16.5. The van der Waals surface area contributed by atoms with E-state index in [0.29, 0.717) is 16.9 Å². The number of rotatable bonds is 6. The number of hydroxylamine groups is 1. The number of nitrogens with one attached hydrogen (secondary N) is 2. The molecule has 2 aromatic carbocycles. The first-order chi connectivity index (χ1) is 13.0. The van der Waals surface area contributed by atoms with Crippen LogP contribution in [0.2, 0.25) is 0 Å². The summed E-state index contributed by atoms with van der Waals surface area (Å²) in [5, 5.41) is 12.7. The van der Waals surface area contributed by atoms with E-state index in [0.717, 1.165) is 29.4 Å². The van der Waals surface area contributed by atoms with Crippen molar-refractivity contribution in [2.24, 2.45) is 0 Å². The lowest BCUT2D eigenvalue weighted by Crippen LogP contribution is -2.28. The zero-order valence-electron chi connectivity index (χ0n) is 15.3. The molecule has 3 rings (SSSR count). The Hall–Kier alpha value is -3.12. The largest absolute Gasteiger partial charge is 0.451 e. The minimum atomic E-state index is -0.574. The lowest BCUT2D eigenvalue weighted by Gasteiger charge is -2.18. The smallest absolute Gasteiger partial charge is 0.287 e. The quantitative estimate of drug-likeness (QED) is 0.452. The molecule has 6 nitrogen and oxygen atoms in total. The minimum Gasteiger partial charge on any atom is -0.451 e. The van der Waals surface area contributed by atoms with E-state index >= 15 is 0 Å². The molecule has 0 spiro atoms. The van der Waals surface area contributed by atoms with Crippen LogP contribution in [0.1, 0.15) is 57.8 Å². The van der Waals surface area contributed by atoms with E-state index < -0.39 is 5.91 Å². The first-order valence-corrected chi connectivity index (χ1v) is 8.88. The Bertz CT molecular complexity index is 960. The summed E-state index contributed by atoms with van der Waals surface area (Å²) in [6, 6.07) is 14.1. The van der Waals surface area contributed by atoms with Crippen LogP contribution in [0.15, 0.2) is 52.9 Å². The summed E-state index contributed by atoms with van der Waals surface area (Å²) >= 11 is 0. The van der Waals surface area contributed by atoms with Crippen molar-refractivity contribution in [3.8, 4) is 0 Å². The highest BCUT2D eigenvalue weighted by Crippen LogP contribution is 2.26. The highest BCUT2D eigenvalue weighted by Gasteiger charge is 2.21. The second-order valence-electron chi connectivity index (χ2n) is 6.43. The molecule has 2 amide bonds. The number of aryl methyl sites for hydroxylation is 1. The van der Waals surface area contributed by atoms with E-state index in [2.05, 4.69) is 5.32 Å². The zero-order valence-corrected chi connectivity index (χ0v) is 15.3. The molecule has 0 unspecified atom stereocenters. The Kier molecular flexibility index (Phi) is 5.57. The monoisotopic (exact) mass is 366 g/mol. The Morgan fingerprint density at radius 1 is 1.07 bits per heavy atom. The molecule has 1 aromatic heterocycles. The first kappa shape index (κ1) is 18.7. The summed E-state index contributed by atoms with van der Waals surface area (Å²) < 4.78 is 5.75. The number of fused-ring (bicyclic) bond motifs is 1. The molecule has 0 saturated heterocycles. The highest BCUT2D eigenvalue weighted by molar-refractivity contribution is 5.99. The molecule has 140 valence electrons. The molecule has 3 N–H and O–H groups in total. The van der Waals surface area contributed by atoms with Gasteiger partial charge in [0.25, 0.3) is 11.8 Å². The van der Waals surface area contributed by atoms with Gasteiger partial charge in [0.15, 0.2) is 5.76 Å². The summed E-state index contributed by atoms with van der Waals surface area (Å²) in [4.78, 5) is 24.3. The van der Waals surface area contributed by atoms with Gasteiger partial charge in [-0.25, -0.2) is 5.48 Å². The van der Waals surface area contributed by atoms with Crippen LogP contribution in [0, 0.1) is 6.92 Å². The average Bonchev–Trinajstić information content (AvgIpc) is 3.04. The molecule has 0 aliphatic rings. The zero-order chi connectivity index (χ0) is 19.4. The van der Waals surface area contributed by atoms with Crippen molar-refractivity contribution in [2.45, 2.75) is 32.7 Å². The number of benzene rings is 2. The molecule has 0 radical (unpaired) electrons. The number of hydrogen-bond donors (Lipinski definition) is 3. The van der Waals surface area contributed by atoms with E-state index in [4.69, 9.17) is 9.62 Å². The number of carbonyl (C=O) groups is 2. The third kappa shape index (κ3) is 3.85. The fourth-order valence-corrected chi connectivity index (χ4v) is 3.16. The summed E-state index contributed by atoms with van der Waals surface area (Å²) in [5.74, 6) is -0.525. The van der Waals surface area contributed by atoms with Crippen molar-refractivity contribution in [1.29, 1.82) is 0 Å². The van der Waals surface area contributed by atoms with E-state index in [1.54, 1.807) is 29.7 Å². The van der Waals surface area contributed by atoms with Crippen LogP contribution >= 0.6 is 0 Å². The normalized spacial score (nSPS) is 12.0. The molecule has 1 atom stereocenters. The maximum Gasteiger partial charge on any atom is 0.287 e. The fraction of sp³-hybridized carbons (Fsp3) is 0.238. The molecule has 0 bridgehead atoms. The Labute approximate surface area is 157 Å². The maximum absolute atomic E-state index is 12.8. The van der Waals surface area contributed by atoms with Crippen molar-refractivity contribution in [2.75, 3.05) is 0 Å².